The minimum atomic E-state index is -5.01. The normalized spacial score (nSPS) is 11.6. The highest BCUT2D eigenvalue weighted by Crippen LogP contribution is 2.33. The van der Waals surface area contributed by atoms with Gasteiger partial charge < -0.3 is 14.8 Å². The lowest BCUT2D eigenvalue weighted by Gasteiger charge is -2.09. The average Bonchev–Trinajstić information content (AvgIpc) is 2.91. The van der Waals surface area contributed by atoms with E-state index in [1.54, 1.807) is 11.4 Å². The molecule has 1 amide bonds. The standard InChI is InChI=1S/C14H8F3N3O3/c15-14(16,17)13(22)19-7-1-2-10(21)8(5-7)12-20-9-6-18-4-3-11(9)23-12/h1-6,21H,(H,19,22). The molecule has 2 heterocycles. The van der Waals surface area contributed by atoms with Crippen molar-refractivity contribution in [3.8, 4) is 17.2 Å². The van der Waals surface area contributed by atoms with Crippen LogP contribution in [0.25, 0.3) is 22.6 Å². The Bertz CT molecular complexity index is 857. The van der Waals surface area contributed by atoms with Crippen molar-refractivity contribution in [1.82, 2.24) is 9.97 Å². The third-order valence-electron chi connectivity index (χ3n) is 2.93. The molecule has 0 atom stereocenters. The summed E-state index contributed by atoms with van der Waals surface area (Å²) in [6.45, 7) is 0. The van der Waals surface area contributed by atoms with E-state index in [1.165, 1.54) is 12.4 Å². The number of rotatable bonds is 2. The number of alkyl halides is 3. The number of benzene rings is 1. The number of phenolic OH excluding ortho intramolecular Hbond substituents is 1. The molecule has 23 heavy (non-hydrogen) atoms. The van der Waals surface area contributed by atoms with Crippen LogP contribution in [0, 0.1) is 0 Å². The Kier molecular flexibility index (Phi) is 3.40. The second-order valence-corrected chi connectivity index (χ2v) is 4.55. The van der Waals surface area contributed by atoms with E-state index in [4.69, 9.17) is 4.42 Å². The van der Waals surface area contributed by atoms with Crippen molar-refractivity contribution in [3.63, 3.8) is 0 Å². The van der Waals surface area contributed by atoms with Gasteiger partial charge in [-0.1, -0.05) is 0 Å². The predicted molar refractivity (Wildman–Crippen MR) is 73.6 cm³/mol. The van der Waals surface area contributed by atoms with Gasteiger partial charge in [-0.25, -0.2) is 4.98 Å². The third-order valence-corrected chi connectivity index (χ3v) is 2.93. The highest BCUT2D eigenvalue weighted by Gasteiger charge is 2.38. The maximum absolute atomic E-state index is 12.3. The van der Waals surface area contributed by atoms with Gasteiger partial charge in [-0.05, 0) is 18.2 Å². The number of nitrogens with zero attached hydrogens (tertiary/aromatic N) is 2. The summed E-state index contributed by atoms with van der Waals surface area (Å²) in [5.74, 6) is -2.38. The van der Waals surface area contributed by atoms with E-state index in [0.717, 1.165) is 18.2 Å². The van der Waals surface area contributed by atoms with Gasteiger partial charge in [-0.3, -0.25) is 9.78 Å². The van der Waals surface area contributed by atoms with Crippen LogP contribution < -0.4 is 5.32 Å². The number of oxazole rings is 1. The van der Waals surface area contributed by atoms with E-state index in [-0.39, 0.29) is 22.9 Å². The summed E-state index contributed by atoms with van der Waals surface area (Å²) in [6, 6.07) is 4.95. The molecule has 3 aromatic rings. The van der Waals surface area contributed by atoms with Crippen LogP contribution in [0.3, 0.4) is 0 Å². The summed E-state index contributed by atoms with van der Waals surface area (Å²) >= 11 is 0. The monoisotopic (exact) mass is 323 g/mol. The van der Waals surface area contributed by atoms with Gasteiger partial charge in [0.25, 0.3) is 0 Å². The van der Waals surface area contributed by atoms with E-state index in [2.05, 4.69) is 9.97 Å². The number of hydrogen-bond acceptors (Lipinski definition) is 5. The van der Waals surface area contributed by atoms with Crippen LogP contribution in [0.1, 0.15) is 0 Å². The van der Waals surface area contributed by atoms with Gasteiger partial charge in [0.2, 0.25) is 5.89 Å². The van der Waals surface area contributed by atoms with Crippen molar-refractivity contribution in [2.24, 2.45) is 0 Å². The van der Waals surface area contributed by atoms with Gasteiger partial charge in [0.05, 0.1) is 11.8 Å². The summed E-state index contributed by atoms with van der Waals surface area (Å²) in [5.41, 5.74) is 0.715. The van der Waals surface area contributed by atoms with Crippen molar-refractivity contribution in [1.29, 1.82) is 0 Å². The number of pyridine rings is 1. The number of carbonyl (C=O) groups excluding carboxylic acids is 1. The number of phenols is 1. The molecular weight excluding hydrogens is 315 g/mol. The molecule has 0 bridgehead atoms. The van der Waals surface area contributed by atoms with Gasteiger partial charge >= 0.3 is 12.1 Å². The first-order valence-corrected chi connectivity index (χ1v) is 6.27. The van der Waals surface area contributed by atoms with Gasteiger partial charge in [0.1, 0.15) is 11.3 Å². The molecule has 0 radical (unpaired) electrons. The van der Waals surface area contributed by atoms with Gasteiger partial charge in [0.15, 0.2) is 5.58 Å². The quantitative estimate of drug-likeness (QED) is 0.708. The number of carbonyl (C=O) groups is 1. The SMILES string of the molecule is O=C(Nc1ccc(O)c(-c2nc3cnccc3o2)c1)C(F)(F)F. The van der Waals surface area contributed by atoms with Crippen molar-refractivity contribution in [2.75, 3.05) is 5.32 Å². The molecule has 0 aliphatic heterocycles. The van der Waals surface area contributed by atoms with E-state index in [0.29, 0.717) is 11.1 Å². The fourth-order valence-corrected chi connectivity index (χ4v) is 1.88. The van der Waals surface area contributed by atoms with Crippen LogP contribution in [0.15, 0.2) is 41.1 Å². The molecule has 0 unspecified atom stereocenters. The van der Waals surface area contributed by atoms with Crippen molar-refractivity contribution in [3.05, 3.63) is 36.7 Å². The summed E-state index contributed by atoms with van der Waals surface area (Å²) in [6.07, 6.45) is -2.09. The van der Waals surface area contributed by atoms with Crippen molar-refractivity contribution in [2.45, 2.75) is 6.18 Å². The molecule has 1 aromatic carbocycles. The van der Waals surface area contributed by atoms with Gasteiger partial charge in [-0.15, -0.1) is 0 Å². The molecular formula is C14H8F3N3O3. The number of halogens is 3. The number of fused-ring (bicyclic) bond motifs is 1. The molecule has 0 saturated heterocycles. The molecule has 118 valence electrons. The first kappa shape index (κ1) is 14.8. The predicted octanol–water partition coefficient (Wildman–Crippen LogP) is 3.10. The molecule has 2 aromatic heterocycles. The Morgan fingerprint density at radius 1 is 1.26 bits per heavy atom. The number of nitrogens with one attached hydrogen (secondary N) is 1. The Labute approximate surface area is 126 Å². The smallest absolute Gasteiger partial charge is 0.471 e. The molecule has 0 saturated carbocycles. The molecule has 9 heteroatoms. The van der Waals surface area contributed by atoms with Crippen LogP contribution in [0.5, 0.6) is 5.75 Å². The number of aromatic hydroxyl groups is 1. The zero-order valence-electron chi connectivity index (χ0n) is 11.3. The summed E-state index contributed by atoms with van der Waals surface area (Å²) < 4.78 is 42.2. The molecule has 6 nitrogen and oxygen atoms in total. The van der Waals surface area contributed by atoms with Crippen LogP contribution in [-0.4, -0.2) is 27.2 Å². The van der Waals surface area contributed by atoms with Crippen LogP contribution in [-0.2, 0) is 4.79 Å². The maximum atomic E-state index is 12.3. The second-order valence-electron chi connectivity index (χ2n) is 4.55. The minimum Gasteiger partial charge on any atom is -0.507 e. The van der Waals surface area contributed by atoms with Crippen LogP contribution in [0.2, 0.25) is 0 Å². The molecule has 0 aliphatic rings. The summed E-state index contributed by atoms with van der Waals surface area (Å²) in [7, 11) is 0. The number of hydrogen-bond donors (Lipinski definition) is 2. The van der Waals surface area contributed by atoms with Crippen molar-refractivity contribution >= 4 is 22.7 Å². The zero-order valence-corrected chi connectivity index (χ0v) is 11.3. The third kappa shape index (κ3) is 2.93. The lowest BCUT2D eigenvalue weighted by atomic mass is 10.1. The minimum absolute atomic E-state index is 0.00592. The Hall–Kier alpha value is -3.10. The molecule has 0 fully saturated rings. The first-order chi connectivity index (χ1) is 10.8. The average molecular weight is 323 g/mol. The van der Waals surface area contributed by atoms with E-state index >= 15 is 0 Å². The molecule has 0 spiro atoms. The molecule has 2 N–H and O–H groups in total. The van der Waals surface area contributed by atoms with Crippen LogP contribution >= 0.6 is 0 Å². The maximum Gasteiger partial charge on any atom is 0.471 e. The highest BCUT2D eigenvalue weighted by molar-refractivity contribution is 5.95. The lowest BCUT2D eigenvalue weighted by Crippen LogP contribution is -2.29. The van der Waals surface area contributed by atoms with Crippen LogP contribution in [0.4, 0.5) is 18.9 Å². The van der Waals surface area contributed by atoms with Crippen molar-refractivity contribution < 1.29 is 27.5 Å². The molecule has 0 aliphatic carbocycles. The zero-order chi connectivity index (χ0) is 16.6. The Morgan fingerprint density at radius 3 is 2.74 bits per heavy atom. The van der Waals surface area contributed by atoms with E-state index in [1.807, 2.05) is 0 Å². The highest BCUT2D eigenvalue weighted by atomic mass is 19.4. The number of anilines is 1. The Balaban J connectivity index is 1.99. The second kappa shape index (κ2) is 5.27. The number of amides is 1. The topological polar surface area (TPSA) is 88.2 Å². The first-order valence-electron chi connectivity index (χ1n) is 6.27. The van der Waals surface area contributed by atoms with E-state index in [9.17, 15) is 23.1 Å². The number of aromatic nitrogens is 2. The molecule has 3 rings (SSSR count). The van der Waals surface area contributed by atoms with E-state index < -0.39 is 12.1 Å². The van der Waals surface area contributed by atoms with Gasteiger partial charge in [-0.2, -0.15) is 13.2 Å². The fourth-order valence-electron chi connectivity index (χ4n) is 1.88. The van der Waals surface area contributed by atoms with Gasteiger partial charge in [0, 0.05) is 18.0 Å². The lowest BCUT2D eigenvalue weighted by molar-refractivity contribution is -0.167. The Morgan fingerprint density at radius 2 is 2.04 bits per heavy atom. The fraction of sp³-hybridized carbons (Fsp3) is 0.0714. The largest absolute Gasteiger partial charge is 0.507 e. The summed E-state index contributed by atoms with van der Waals surface area (Å²) in [4.78, 5) is 18.9. The summed E-state index contributed by atoms with van der Waals surface area (Å²) in [5, 5.41) is 11.6.